The molecule has 0 spiro atoms. The highest BCUT2D eigenvalue weighted by Crippen LogP contribution is 2.21. The minimum atomic E-state index is 0.437. The number of nitrogens with zero attached hydrogens (tertiary/aromatic N) is 1. The first-order chi connectivity index (χ1) is 8.72. The van der Waals surface area contributed by atoms with Gasteiger partial charge in [0.15, 0.2) is 0 Å². The third-order valence-corrected chi connectivity index (χ3v) is 3.91. The maximum atomic E-state index is 5.69. The lowest BCUT2D eigenvalue weighted by atomic mass is 9.99. The van der Waals surface area contributed by atoms with Gasteiger partial charge in [-0.25, -0.2) is 0 Å². The van der Waals surface area contributed by atoms with Crippen molar-refractivity contribution >= 4 is 0 Å². The van der Waals surface area contributed by atoms with Gasteiger partial charge in [0.2, 0.25) is 0 Å². The van der Waals surface area contributed by atoms with Crippen LogP contribution in [0.1, 0.15) is 30.9 Å². The quantitative estimate of drug-likeness (QED) is 0.887. The maximum absolute atomic E-state index is 5.69. The van der Waals surface area contributed by atoms with Crippen LogP contribution < -0.4 is 5.73 Å². The van der Waals surface area contributed by atoms with Crippen LogP contribution in [0.2, 0.25) is 0 Å². The normalized spacial score (nSPS) is 25.3. The number of hydrogen-bond donors (Lipinski definition) is 1. The molecule has 1 aromatic carbocycles. The van der Waals surface area contributed by atoms with E-state index in [4.69, 9.17) is 10.5 Å². The van der Waals surface area contributed by atoms with Crippen LogP contribution in [0.15, 0.2) is 24.3 Å². The van der Waals surface area contributed by atoms with Crippen molar-refractivity contribution in [3.63, 3.8) is 0 Å². The third kappa shape index (κ3) is 3.31. The zero-order valence-corrected chi connectivity index (χ0v) is 11.4. The molecule has 0 bridgehead atoms. The summed E-state index contributed by atoms with van der Waals surface area (Å²) in [5.41, 5.74) is 8.26. The molecule has 0 amide bonds. The van der Waals surface area contributed by atoms with E-state index < -0.39 is 0 Å². The monoisotopic (exact) mass is 248 g/mol. The molecule has 0 saturated carbocycles. The fourth-order valence-corrected chi connectivity index (χ4v) is 2.72. The zero-order valence-electron chi connectivity index (χ0n) is 11.4. The van der Waals surface area contributed by atoms with E-state index in [1.54, 1.807) is 0 Å². The van der Waals surface area contributed by atoms with Gasteiger partial charge in [-0.05, 0) is 30.9 Å². The third-order valence-electron chi connectivity index (χ3n) is 3.91. The molecule has 1 heterocycles. The molecule has 2 rings (SSSR count). The van der Waals surface area contributed by atoms with Gasteiger partial charge in [0, 0.05) is 32.8 Å². The van der Waals surface area contributed by atoms with Crippen molar-refractivity contribution in [2.75, 3.05) is 13.7 Å². The average molecular weight is 248 g/mol. The summed E-state index contributed by atoms with van der Waals surface area (Å²) >= 11 is 0. The van der Waals surface area contributed by atoms with E-state index in [1.807, 2.05) is 7.11 Å². The molecule has 0 radical (unpaired) electrons. The Morgan fingerprint density at radius 3 is 2.83 bits per heavy atom. The topological polar surface area (TPSA) is 38.5 Å². The predicted molar refractivity (Wildman–Crippen MR) is 74.2 cm³/mol. The minimum Gasteiger partial charge on any atom is -0.381 e. The lowest BCUT2D eigenvalue weighted by molar-refractivity contribution is 0.0129. The number of rotatable bonds is 4. The summed E-state index contributed by atoms with van der Waals surface area (Å²) in [7, 11) is 1.82. The molecule has 0 aromatic heterocycles. The molecule has 1 aromatic rings. The number of ether oxygens (including phenoxy) is 1. The van der Waals surface area contributed by atoms with E-state index in [0.29, 0.717) is 18.7 Å². The first-order valence-corrected chi connectivity index (χ1v) is 6.77. The molecule has 2 atom stereocenters. The summed E-state index contributed by atoms with van der Waals surface area (Å²) in [6, 6.07) is 9.18. The Balaban J connectivity index is 1.96. The second-order valence-corrected chi connectivity index (χ2v) is 5.23. The maximum Gasteiger partial charge on any atom is 0.0598 e. The first kappa shape index (κ1) is 13.5. The number of nitrogens with two attached hydrogens (primary N) is 1. The van der Waals surface area contributed by atoms with E-state index in [0.717, 1.165) is 25.9 Å². The van der Waals surface area contributed by atoms with Crippen LogP contribution in [0.25, 0.3) is 0 Å². The second kappa shape index (κ2) is 6.32. The summed E-state index contributed by atoms with van der Waals surface area (Å²) in [6.45, 7) is 5.05. The smallest absolute Gasteiger partial charge is 0.0598 e. The van der Waals surface area contributed by atoms with Crippen LogP contribution in [0.5, 0.6) is 0 Å². The highest BCUT2D eigenvalue weighted by Gasteiger charge is 2.24. The van der Waals surface area contributed by atoms with Gasteiger partial charge in [0.1, 0.15) is 0 Å². The number of benzene rings is 1. The van der Waals surface area contributed by atoms with Gasteiger partial charge in [0.05, 0.1) is 6.10 Å². The van der Waals surface area contributed by atoms with Crippen LogP contribution in [0.3, 0.4) is 0 Å². The Morgan fingerprint density at radius 2 is 2.17 bits per heavy atom. The highest BCUT2D eigenvalue weighted by molar-refractivity contribution is 5.23. The molecule has 2 N–H and O–H groups in total. The van der Waals surface area contributed by atoms with Crippen LogP contribution in [0.4, 0.5) is 0 Å². The minimum absolute atomic E-state index is 0.437. The lowest BCUT2D eigenvalue weighted by Crippen LogP contribution is -2.42. The van der Waals surface area contributed by atoms with Crippen molar-refractivity contribution in [3.8, 4) is 0 Å². The lowest BCUT2D eigenvalue weighted by Gasteiger charge is -2.37. The van der Waals surface area contributed by atoms with Crippen molar-refractivity contribution in [1.82, 2.24) is 4.90 Å². The van der Waals surface area contributed by atoms with E-state index in [2.05, 4.69) is 36.1 Å². The molecule has 1 fully saturated rings. The van der Waals surface area contributed by atoms with Crippen LogP contribution >= 0.6 is 0 Å². The molecule has 3 heteroatoms. The number of hydrogen-bond acceptors (Lipinski definition) is 3. The molecule has 2 unspecified atom stereocenters. The molecular weight excluding hydrogens is 224 g/mol. The summed E-state index contributed by atoms with van der Waals surface area (Å²) in [5.74, 6) is 0. The molecule has 3 nitrogen and oxygen atoms in total. The Bertz CT molecular complexity index is 381. The number of likely N-dealkylation sites (tertiary alicyclic amines) is 1. The van der Waals surface area contributed by atoms with Crippen molar-refractivity contribution in [2.45, 2.75) is 45.0 Å². The molecule has 18 heavy (non-hydrogen) atoms. The zero-order chi connectivity index (χ0) is 13.0. The summed E-state index contributed by atoms with van der Waals surface area (Å²) in [5, 5.41) is 0. The second-order valence-electron chi connectivity index (χ2n) is 5.23. The molecule has 1 saturated heterocycles. The van der Waals surface area contributed by atoms with E-state index in [9.17, 15) is 0 Å². The van der Waals surface area contributed by atoms with Gasteiger partial charge in [-0.3, -0.25) is 4.90 Å². The van der Waals surface area contributed by atoms with E-state index in [1.165, 1.54) is 11.1 Å². The van der Waals surface area contributed by atoms with Crippen molar-refractivity contribution < 1.29 is 4.74 Å². The fourth-order valence-electron chi connectivity index (χ4n) is 2.72. The Hall–Kier alpha value is -0.900. The molecule has 1 aliphatic heterocycles. The standard InChI is InChI=1S/C15H24N2O/c1-12-8-15(18-2)6-7-17(12)11-14-5-3-4-13(9-14)10-16/h3-5,9,12,15H,6-8,10-11,16H2,1-2H3. The molecule has 100 valence electrons. The van der Waals surface area contributed by atoms with Crippen LogP contribution in [0, 0.1) is 0 Å². The van der Waals surface area contributed by atoms with E-state index in [-0.39, 0.29) is 0 Å². The summed E-state index contributed by atoms with van der Waals surface area (Å²) in [4.78, 5) is 2.53. The fraction of sp³-hybridized carbons (Fsp3) is 0.600. The molecule has 0 aliphatic carbocycles. The highest BCUT2D eigenvalue weighted by atomic mass is 16.5. The SMILES string of the molecule is COC1CCN(Cc2cccc(CN)c2)C(C)C1. The Kier molecular flexibility index (Phi) is 4.75. The summed E-state index contributed by atoms with van der Waals surface area (Å²) in [6.07, 6.45) is 2.71. The van der Waals surface area contributed by atoms with Crippen molar-refractivity contribution in [2.24, 2.45) is 5.73 Å². The number of methoxy groups -OCH3 is 1. The van der Waals surface area contributed by atoms with Crippen LogP contribution in [-0.2, 0) is 17.8 Å². The molecular formula is C15H24N2O. The number of piperidine rings is 1. The van der Waals surface area contributed by atoms with Gasteiger partial charge >= 0.3 is 0 Å². The summed E-state index contributed by atoms with van der Waals surface area (Å²) < 4.78 is 5.45. The Labute approximate surface area is 110 Å². The average Bonchev–Trinajstić information content (AvgIpc) is 2.41. The Morgan fingerprint density at radius 1 is 1.39 bits per heavy atom. The predicted octanol–water partition coefficient (Wildman–Crippen LogP) is 2.14. The van der Waals surface area contributed by atoms with Crippen molar-refractivity contribution in [3.05, 3.63) is 35.4 Å². The molecule has 1 aliphatic rings. The first-order valence-electron chi connectivity index (χ1n) is 6.77. The van der Waals surface area contributed by atoms with E-state index >= 15 is 0 Å². The van der Waals surface area contributed by atoms with Gasteiger partial charge < -0.3 is 10.5 Å². The van der Waals surface area contributed by atoms with Gasteiger partial charge in [-0.1, -0.05) is 24.3 Å². The largest absolute Gasteiger partial charge is 0.381 e. The van der Waals surface area contributed by atoms with Crippen LogP contribution in [-0.4, -0.2) is 30.7 Å². The van der Waals surface area contributed by atoms with Gasteiger partial charge in [0.25, 0.3) is 0 Å². The van der Waals surface area contributed by atoms with Crippen molar-refractivity contribution in [1.29, 1.82) is 0 Å². The van der Waals surface area contributed by atoms with Gasteiger partial charge in [-0.15, -0.1) is 0 Å². The van der Waals surface area contributed by atoms with Gasteiger partial charge in [-0.2, -0.15) is 0 Å².